The number of aromatic nitrogens is 1. The molecule has 6 heteroatoms. The molecule has 2 heterocycles. The van der Waals surface area contributed by atoms with E-state index in [9.17, 15) is 13.2 Å². The number of alkyl halides is 3. The molecule has 23 heavy (non-hydrogen) atoms. The first-order valence-corrected chi connectivity index (χ1v) is 7.89. The lowest BCUT2D eigenvalue weighted by molar-refractivity contribution is -0.125. The molecule has 1 N–H and O–H groups in total. The highest BCUT2D eigenvalue weighted by Gasteiger charge is 2.27. The molecule has 1 aliphatic heterocycles. The van der Waals surface area contributed by atoms with Gasteiger partial charge in [-0.15, -0.1) is 0 Å². The van der Waals surface area contributed by atoms with E-state index >= 15 is 0 Å². The molecule has 3 nitrogen and oxygen atoms in total. The fraction of sp³-hybridized carbons (Fsp3) is 0.529. The van der Waals surface area contributed by atoms with Gasteiger partial charge in [-0.2, -0.15) is 13.2 Å². The smallest absolute Gasteiger partial charge is 0.348 e. The first-order valence-electron chi connectivity index (χ1n) is 7.89. The number of aryl methyl sites for hydroxylation is 1. The highest BCUT2D eigenvalue weighted by Crippen LogP contribution is 2.32. The van der Waals surface area contributed by atoms with Crippen LogP contribution in [0.5, 0.6) is 0 Å². The summed E-state index contributed by atoms with van der Waals surface area (Å²) >= 11 is 0. The van der Waals surface area contributed by atoms with Crippen molar-refractivity contribution in [1.82, 2.24) is 14.8 Å². The van der Waals surface area contributed by atoms with Gasteiger partial charge in [-0.05, 0) is 42.3 Å². The molecule has 2 aromatic rings. The van der Waals surface area contributed by atoms with Crippen LogP contribution < -0.4 is 5.32 Å². The molecule has 0 bridgehead atoms. The average Bonchev–Trinajstić information content (AvgIpc) is 2.98. The van der Waals surface area contributed by atoms with Crippen molar-refractivity contribution in [3.05, 3.63) is 34.5 Å². The Bertz CT molecular complexity index is 731. The van der Waals surface area contributed by atoms with E-state index in [2.05, 4.69) is 33.8 Å². The van der Waals surface area contributed by atoms with E-state index in [4.69, 9.17) is 0 Å². The molecule has 126 valence electrons. The van der Waals surface area contributed by atoms with Crippen LogP contribution in [0.4, 0.5) is 13.2 Å². The lowest BCUT2D eigenvalue weighted by atomic mass is 10.0. The van der Waals surface area contributed by atoms with Crippen LogP contribution in [0.2, 0.25) is 0 Å². The summed E-state index contributed by atoms with van der Waals surface area (Å²) < 4.78 is 39.2. The molecule has 1 aromatic carbocycles. The molecular weight excluding hydrogens is 303 g/mol. The van der Waals surface area contributed by atoms with Crippen LogP contribution >= 0.6 is 0 Å². The maximum atomic E-state index is 12.4. The summed E-state index contributed by atoms with van der Waals surface area (Å²) in [5.74, 6) is 0. The third-order valence-corrected chi connectivity index (χ3v) is 4.81. The molecule has 0 unspecified atom stereocenters. The van der Waals surface area contributed by atoms with Crippen molar-refractivity contribution in [2.75, 3.05) is 13.1 Å². The normalized spacial score (nSPS) is 15.6. The van der Waals surface area contributed by atoms with E-state index in [1.165, 1.54) is 11.1 Å². The van der Waals surface area contributed by atoms with Crippen molar-refractivity contribution in [1.29, 1.82) is 0 Å². The quantitative estimate of drug-likeness (QED) is 0.929. The summed E-state index contributed by atoms with van der Waals surface area (Å²) in [6.45, 7) is 6.26. The predicted octanol–water partition coefficient (Wildman–Crippen LogP) is 3.47. The predicted molar refractivity (Wildman–Crippen MR) is 85.2 cm³/mol. The zero-order valence-corrected chi connectivity index (χ0v) is 13.7. The number of fused-ring (bicyclic) bond motifs is 2. The minimum Gasteiger partial charge on any atom is -0.348 e. The molecule has 0 saturated heterocycles. The molecular formula is C17H22F3N3. The molecule has 0 radical (unpaired) electrons. The number of benzene rings is 1. The second-order valence-corrected chi connectivity index (χ2v) is 6.28. The first kappa shape index (κ1) is 16.3. The number of nitrogens with zero attached hydrogens (tertiary/aromatic N) is 2. The van der Waals surface area contributed by atoms with Gasteiger partial charge in [0.25, 0.3) is 0 Å². The van der Waals surface area contributed by atoms with Crippen molar-refractivity contribution in [3.63, 3.8) is 0 Å². The number of rotatable bonds is 4. The van der Waals surface area contributed by atoms with Crippen molar-refractivity contribution in [3.8, 4) is 0 Å². The summed E-state index contributed by atoms with van der Waals surface area (Å²) in [6, 6.07) is 4.36. The molecule has 0 atom stereocenters. The van der Waals surface area contributed by atoms with Gasteiger partial charge in [0.1, 0.15) is 0 Å². The minimum absolute atomic E-state index is 0.235. The van der Waals surface area contributed by atoms with Gasteiger partial charge in [0.15, 0.2) is 0 Å². The Kier molecular flexibility index (Phi) is 4.14. The van der Waals surface area contributed by atoms with Crippen molar-refractivity contribution >= 4 is 10.9 Å². The average molecular weight is 325 g/mol. The van der Waals surface area contributed by atoms with Crippen LogP contribution in [-0.4, -0.2) is 28.7 Å². The fourth-order valence-electron chi connectivity index (χ4n) is 3.38. The van der Waals surface area contributed by atoms with E-state index in [1.54, 1.807) is 0 Å². The molecule has 3 rings (SSSR count). The third kappa shape index (κ3) is 3.10. The van der Waals surface area contributed by atoms with E-state index in [0.29, 0.717) is 0 Å². The summed E-state index contributed by atoms with van der Waals surface area (Å²) in [5, 5.41) is 3.59. The van der Waals surface area contributed by atoms with Crippen LogP contribution in [0.3, 0.4) is 0 Å². The highest BCUT2D eigenvalue weighted by atomic mass is 19.4. The van der Waals surface area contributed by atoms with Gasteiger partial charge < -0.3 is 9.88 Å². The standard InChI is InChI=1S/C17H22F3N3/c1-4-23-8-12-5-14-15(7-21-10-17(18,19)20)11(2)22(3)16(14)6-13(12)9-23/h5-6,21H,4,7-10H2,1-3H3. The van der Waals surface area contributed by atoms with Crippen molar-refractivity contribution in [2.45, 2.75) is 39.7 Å². The van der Waals surface area contributed by atoms with Crippen LogP contribution in [0.25, 0.3) is 10.9 Å². The summed E-state index contributed by atoms with van der Waals surface area (Å²) in [4.78, 5) is 2.36. The van der Waals surface area contributed by atoms with Gasteiger partial charge in [0.05, 0.1) is 6.54 Å². The van der Waals surface area contributed by atoms with Crippen LogP contribution in [0.15, 0.2) is 12.1 Å². The monoisotopic (exact) mass is 325 g/mol. The van der Waals surface area contributed by atoms with Crippen molar-refractivity contribution in [2.24, 2.45) is 7.05 Å². The summed E-state index contributed by atoms with van der Waals surface area (Å²) in [6.07, 6.45) is -4.18. The van der Waals surface area contributed by atoms with E-state index in [-0.39, 0.29) is 6.54 Å². The van der Waals surface area contributed by atoms with Crippen LogP contribution in [0.1, 0.15) is 29.3 Å². The first-order chi connectivity index (χ1) is 10.8. The van der Waals surface area contributed by atoms with Gasteiger partial charge in [-0.1, -0.05) is 6.92 Å². The Morgan fingerprint density at radius 3 is 2.43 bits per heavy atom. The van der Waals surface area contributed by atoms with Crippen LogP contribution in [-0.2, 0) is 26.7 Å². The minimum atomic E-state index is -4.18. The van der Waals surface area contributed by atoms with Gasteiger partial charge >= 0.3 is 6.18 Å². The maximum Gasteiger partial charge on any atom is 0.401 e. The number of nitrogens with one attached hydrogen (secondary N) is 1. The topological polar surface area (TPSA) is 20.2 Å². The van der Waals surface area contributed by atoms with Gasteiger partial charge in [-0.3, -0.25) is 4.90 Å². The van der Waals surface area contributed by atoms with E-state index in [0.717, 1.165) is 41.8 Å². The number of halogens is 3. The van der Waals surface area contributed by atoms with E-state index in [1.807, 2.05) is 14.0 Å². The Balaban J connectivity index is 1.94. The fourth-order valence-corrected chi connectivity index (χ4v) is 3.38. The molecule has 0 spiro atoms. The molecule has 0 fully saturated rings. The zero-order valence-electron chi connectivity index (χ0n) is 13.7. The number of hydrogen-bond acceptors (Lipinski definition) is 2. The van der Waals surface area contributed by atoms with Gasteiger partial charge in [0, 0.05) is 43.3 Å². The Hall–Kier alpha value is -1.53. The molecule has 0 amide bonds. The Labute approximate surface area is 134 Å². The Morgan fingerprint density at radius 1 is 1.17 bits per heavy atom. The lowest BCUT2D eigenvalue weighted by Gasteiger charge is -2.09. The summed E-state index contributed by atoms with van der Waals surface area (Å²) in [5.41, 5.74) is 5.70. The second-order valence-electron chi connectivity index (χ2n) is 6.28. The second kappa shape index (κ2) is 5.83. The SMILES string of the molecule is CCN1Cc2cc3c(CNCC(F)(F)F)c(C)n(C)c3cc2C1. The molecule has 1 aromatic heterocycles. The molecule has 1 aliphatic rings. The third-order valence-electron chi connectivity index (χ3n) is 4.81. The summed E-state index contributed by atoms with van der Waals surface area (Å²) in [7, 11) is 1.98. The molecule has 0 aliphatic carbocycles. The van der Waals surface area contributed by atoms with Crippen molar-refractivity contribution < 1.29 is 13.2 Å². The Morgan fingerprint density at radius 2 is 1.83 bits per heavy atom. The van der Waals surface area contributed by atoms with Crippen LogP contribution in [0, 0.1) is 6.92 Å². The largest absolute Gasteiger partial charge is 0.401 e. The zero-order chi connectivity index (χ0) is 16.8. The van der Waals surface area contributed by atoms with Gasteiger partial charge in [0.2, 0.25) is 0 Å². The van der Waals surface area contributed by atoms with Gasteiger partial charge in [-0.25, -0.2) is 0 Å². The molecule has 0 saturated carbocycles. The van der Waals surface area contributed by atoms with E-state index < -0.39 is 12.7 Å². The lowest BCUT2D eigenvalue weighted by Crippen LogP contribution is -2.28. The maximum absolute atomic E-state index is 12.4. The highest BCUT2D eigenvalue weighted by molar-refractivity contribution is 5.87. The number of hydrogen-bond donors (Lipinski definition) is 1.